The zero-order valence-electron chi connectivity index (χ0n) is 11.9. The number of pyridine rings is 1. The van der Waals surface area contributed by atoms with Crippen LogP contribution in [0.5, 0.6) is 0 Å². The highest BCUT2D eigenvalue weighted by atomic mass is 16.1. The number of nitrogens with zero attached hydrogens (tertiary/aromatic N) is 1. The third-order valence-corrected chi connectivity index (χ3v) is 3.71. The van der Waals surface area contributed by atoms with E-state index in [0.29, 0.717) is 5.56 Å². The number of nitrogens with one attached hydrogen (secondary N) is 2. The summed E-state index contributed by atoms with van der Waals surface area (Å²) in [5.41, 5.74) is 7.55. The van der Waals surface area contributed by atoms with Gasteiger partial charge in [-0.25, -0.2) is 0 Å². The summed E-state index contributed by atoms with van der Waals surface area (Å²) in [6, 6.07) is 8.49. The average molecular weight is 284 g/mol. The van der Waals surface area contributed by atoms with Gasteiger partial charge in [-0.15, -0.1) is 0 Å². The number of benzene rings is 1. The van der Waals surface area contributed by atoms with E-state index < -0.39 is 5.91 Å². The molecule has 1 saturated carbocycles. The number of anilines is 1. The Morgan fingerprint density at radius 2 is 2.10 bits per heavy atom. The maximum absolute atomic E-state index is 11.6. The van der Waals surface area contributed by atoms with Crippen molar-refractivity contribution in [3.63, 3.8) is 0 Å². The van der Waals surface area contributed by atoms with Crippen LogP contribution < -0.4 is 16.4 Å². The monoisotopic (exact) mass is 284 g/mol. The van der Waals surface area contributed by atoms with Gasteiger partial charge in [-0.05, 0) is 31.9 Å². The standard InChI is InChI=1S/C16H20N4O/c17-16(21)13-10-20-14-5-2-1-4-12(14)15(13)19-9-3-8-18-11-6-7-11/h1-2,4-5,10-11,18H,3,6-9H2,(H2,17,21)(H,19,20). The van der Waals surface area contributed by atoms with E-state index in [0.717, 1.165) is 42.1 Å². The van der Waals surface area contributed by atoms with Crippen molar-refractivity contribution in [2.75, 3.05) is 18.4 Å². The molecule has 1 amide bonds. The fraction of sp³-hybridized carbons (Fsp3) is 0.375. The lowest BCUT2D eigenvalue weighted by atomic mass is 10.1. The summed E-state index contributed by atoms with van der Waals surface area (Å²) in [6.45, 7) is 1.79. The molecule has 5 nitrogen and oxygen atoms in total. The molecule has 5 heteroatoms. The predicted molar refractivity (Wildman–Crippen MR) is 84.4 cm³/mol. The highest BCUT2D eigenvalue weighted by Crippen LogP contribution is 2.25. The van der Waals surface area contributed by atoms with Crippen LogP contribution in [0.25, 0.3) is 10.9 Å². The largest absolute Gasteiger partial charge is 0.384 e. The topological polar surface area (TPSA) is 80.0 Å². The van der Waals surface area contributed by atoms with Crippen LogP contribution in [0.2, 0.25) is 0 Å². The first kappa shape index (κ1) is 13.8. The molecule has 3 rings (SSSR count). The van der Waals surface area contributed by atoms with E-state index in [9.17, 15) is 4.79 Å². The third kappa shape index (κ3) is 3.31. The number of fused-ring (bicyclic) bond motifs is 1. The van der Waals surface area contributed by atoms with Gasteiger partial charge in [0.2, 0.25) is 0 Å². The number of nitrogens with two attached hydrogens (primary N) is 1. The van der Waals surface area contributed by atoms with Crippen molar-refractivity contribution in [3.05, 3.63) is 36.0 Å². The maximum Gasteiger partial charge on any atom is 0.252 e. The molecule has 1 fully saturated rings. The summed E-state index contributed by atoms with van der Waals surface area (Å²) in [4.78, 5) is 15.9. The maximum atomic E-state index is 11.6. The molecule has 1 aliphatic rings. The van der Waals surface area contributed by atoms with E-state index in [4.69, 9.17) is 5.73 Å². The molecule has 1 aromatic carbocycles. The van der Waals surface area contributed by atoms with Crippen LogP contribution in [-0.2, 0) is 0 Å². The number of hydrogen-bond donors (Lipinski definition) is 3. The molecule has 0 bridgehead atoms. The van der Waals surface area contributed by atoms with E-state index in [1.165, 1.54) is 12.8 Å². The molecular weight excluding hydrogens is 264 g/mol. The Labute approximate surface area is 123 Å². The zero-order chi connectivity index (χ0) is 14.7. The molecule has 0 saturated heterocycles. The van der Waals surface area contributed by atoms with Gasteiger partial charge in [0.05, 0.1) is 16.8 Å². The fourth-order valence-electron chi connectivity index (χ4n) is 2.41. The molecule has 21 heavy (non-hydrogen) atoms. The van der Waals surface area contributed by atoms with Crippen molar-refractivity contribution in [1.82, 2.24) is 10.3 Å². The van der Waals surface area contributed by atoms with Crippen LogP contribution >= 0.6 is 0 Å². The number of carbonyl (C=O) groups is 1. The Kier molecular flexibility index (Phi) is 4.01. The minimum absolute atomic E-state index is 0.448. The molecule has 2 aromatic rings. The Morgan fingerprint density at radius 1 is 1.29 bits per heavy atom. The summed E-state index contributed by atoms with van der Waals surface area (Å²) in [6.07, 6.45) is 5.16. The Morgan fingerprint density at radius 3 is 2.86 bits per heavy atom. The van der Waals surface area contributed by atoms with E-state index >= 15 is 0 Å². The molecule has 0 radical (unpaired) electrons. The summed E-state index contributed by atoms with van der Waals surface area (Å²) >= 11 is 0. The van der Waals surface area contributed by atoms with E-state index in [1.807, 2.05) is 24.3 Å². The molecule has 1 aliphatic carbocycles. The van der Waals surface area contributed by atoms with Gasteiger partial charge in [-0.3, -0.25) is 9.78 Å². The number of amides is 1. The van der Waals surface area contributed by atoms with Crippen molar-refractivity contribution in [3.8, 4) is 0 Å². The smallest absolute Gasteiger partial charge is 0.252 e. The number of carbonyl (C=O) groups excluding carboxylic acids is 1. The second-order valence-electron chi connectivity index (χ2n) is 5.44. The normalized spacial score (nSPS) is 14.3. The molecule has 1 heterocycles. The average Bonchev–Trinajstić information content (AvgIpc) is 3.30. The third-order valence-electron chi connectivity index (χ3n) is 3.71. The van der Waals surface area contributed by atoms with Crippen molar-refractivity contribution in [2.45, 2.75) is 25.3 Å². The first-order valence-electron chi connectivity index (χ1n) is 7.40. The SMILES string of the molecule is NC(=O)c1cnc2ccccc2c1NCCCNC1CC1. The molecule has 0 unspecified atom stereocenters. The van der Waals surface area contributed by atoms with Crippen molar-refractivity contribution >= 4 is 22.5 Å². The van der Waals surface area contributed by atoms with Crippen molar-refractivity contribution in [2.24, 2.45) is 5.73 Å². The molecule has 4 N–H and O–H groups in total. The highest BCUT2D eigenvalue weighted by Gasteiger charge is 2.19. The van der Waals surface area contributed by atoms with Crippen LogP contribution in [-0.4, -0.2) is 30.0 Å². The second-order valence-corrected chi connectivity index (χ2v) is 5.44. The van der Waals surface area contributed by atoms with E-state index in [-0.39, 0.29) is 0 Å². The van der Waals surface area contributed by atoms with Crippen LogP contribution in [0.1, 0.15) is 29.6 Å². The summed E-state index contributed by atoms with van der Waals surface area (Å²) in [5, 5.41) is 7.76. The zero-order valence-corrected chi connectivity index (χ0v) is 11.9. The molecule has 0 aliphatic heterocycles. The van der Waals surface area contributed by atoms with Gasteiger partial charge in [0.1, 0.15) is 0 Å². The van der Waals surface area contributed by atoms with Crippen molar-refractivity contribution in [1.29, 1.82) is 0 Å². The van der Waals surface area contributed by atoms with Crippen LogP contribution in [0.4, 0.5) is 5.69 Å². The second kappa shape index (κ2) is 6.10. The summed E-state index contributed by atoms with van der Waals surface area (Å²) < 4.78 is 0. The molecule has 1 aromatic heterocycles. The van der Waals surface area contributed by atoms with E-state index in [1.54, 1.807) is 6.20 Å². The van der Waals surface area contributed by atoms with Gasteiger partial charge < -0.3 is 16.4 Å². The number of primary amides is 1. The first-order valence-corrected chi connectivity index (χ1v) is 7.40. The number of rotatable bonds is 7. The first-order chi connectivity index (χ1) is 10.3. The van der Waals surface area contributed by atoms with Gasteiger partial charge >= 0.3 is 0 Å². The molecule has 0 atom stereocenters. The van der Waals surface area contributed by atoms with Gasteiger partial charge in [0.25, 0.3) is 5.91 Å². The lowest BCUT2D eigenvalue weighted by molar-refractivity contribution is 0.100. The quantitative estimate of drug-likeness (QED) is 0.678. The molecule has 110 valence electrons. The number of hydrogen-bond acceptors (Lipinski definition) is 4. The highest BCUT2D eigenvalue weighted by molar-refractivity contribution is 6.06. The van der Waals surface area contributed by atoms with Crippen molar-refractivity contribution < 1.29 is 4.79 Å². The van der Waals surface area contributed by atoms with Gasteiger partial charge in [0.15, 0.2) is 0 Å². The Bertz CT molecular complexity index is 652. The van der Waals surface area contributed by atoms with Gasteiger partial charge in [-0.2, -0.15) is 0 Å². The fourth-order valence-corrected chi connectivity index (χ4v) is 2.41. The lowest BCUT2D eigenvalue weighted by Crippen LogP contribution is -2.21. The lowest BCUT2D eigenvalue weighted by Gasteiger charge is -2.13. The van der Waals surface area contributed by atoms with Crippen LogP contribution in [0, 0.1) is 0 Å². The van der Waals surface area contributed by atoms with Gasteiger partial charge in [0, 0.05) is 24.2 Å². The summed E-state index contributed by atoms with van der Waals surface area (Å²) in [7, 11) is 0. The Hall–Kier alpha value is -2.14. The Balaban J connectivity index is 1.73. The number of para-hydroxylation sites is 1. The predicted octanol–water partition coefficient (Wildman–Crippen LogP) is 1.89. The minimum Gasteiger partial charge on any atom is -0.384 e. The van der Waals surface area contributed by atoms with Gasteiger partial charge in [-0.1, -0.05) is 18.2 Å². The van der Waals surface area contributed by atoms with Crippen LogP contribution in [0.15, 0.2) is 30.5 Å². The van der Waals surface area contributed by atoms with Crippen LogP contribution in [0.3, 0.4) is 0 Å². The number of aromatic nitrogens is 1. The summed E-state index contributed by atoms with van der Waals surface area (Å²) in [5.74, 6) is -0.452. The molecular formula is C16H20N4O. The minimum atomic E-state index is -0.452. The van der Waals surface area contributed by atoms with E-state index in [2.05, 4.69) is 15.6 Å². The molecule has 0 spiro atoms.